The van der Waals surface area contributed by atoms with Crippen molar-refractivity contribution < 1.29 is 5.11 Å². The average molecular weight is 228 g/mol. The van der Waals surface area contributed by atoms with Crippen molar-refractivity contribution in [2.45, 2.75) is 58.1 Å². The molecule has 1 aliphatic rings. The van der Waals surface area contributed by atoms with Gasteiger partial charge in [-0.1, -0.05) is 26.7 Å². The maximum atomic E-state index is 10.2. The van der Waals surface area contributed by atoms with Gasteiger partial charge in [-0.05, 0) is 32.9 Å². The van der Waals surface area contributed by atoms with Crippen LogP contribution in [0.3, 0.4) is 0 Å². The number of hydrogen-bond donors (Lipinski definition) is 2. The third-order valence-electron chi connectivity index (χ3n) is 3.74. The van der Waals surface area contributed by atoms with Crippen molar-refractivity contribution in [3.8, 4) is 0 Å². The summed E-state index contributed by atoms with van der Waals surface area (Å²) in [4.78, 5) is 2.41. The fraction of sp³-hybridized carbons (Fsp3) is 1.00. The maximum Gasteiger partial charge on any atom is 0.0771 e. The van der Waals surface area contributed by atoms with E-state index in [0.717, 1.165) is 39.0 Å². The fourth-order valence-corrected chi connectivity index (χ4v) is 2.51. The summed E-state index contributed by atoms with van der Waals surface area (Å²) < 4.78 is 0. The summed E-state index contributed by atoms with van der Waals surface area (Å²) in [6.45, 7) is 10.6. The molecule has 0 saturated heterocycles. The first-order chi connectivity index (χ1) is 7.59. The highest BCUT2D eigenvalue weighted by molar-refractivity contribution is 4.87. The minimum Gasteiger partial charge on any atom is -0.389 e. The van der Waals surface area contributed by atoms with Crippen molar-refractivity contribution in [3.63, 3.8) is 0 Å². The lowest BCUT2D eigenvalue weighted by Gasteiger charge is -2.28. The summed E-state index contributed by atoms with van der Waals surface area (Å²) in [5, 5.41) is 13.7. The molecule has 1 rings (SSSR count). The van der Waals surface area contributed by atoms with Gasteiger partial charge < -0.3 is 15.3 Å². The van der Waals surface area contributed by atoms with E-state index in [1.165, 1.54) is 12.8 Å². The second-order valence-electron chi connectivity index (χ2n) is 5.20. The third kappa shape index (κ3) is 4.40. The molecule has 0 heterocycles. The summed E-state index contributed by atoms with van der Waals surface area (Å²) in [6, 6.07) is 0.463. The lowest BCUT2D eigenvalue weighted by molar-refractivity contribution is 0.0441. The van der Waals surface area contributed by atoms with Crippen LogP contribution in [-0.4, -0.2) is 47.8 Å². The zero-order valence-electron chi connectivity index (χ0n) is 11.1. The van der Waals surface area contributed by atoms with Gasteiger partial charge in [0.1, 0.15) is 0 Å². The van der Waals surface area contributed by atoms with Crippen LogP contribution in [0.5, 0.6) is 0 Å². The lowest BCUT2D eigenvalue weighted by Crippen LogP contribution is -2.46. The SMILES string of the molecule is CCN(CC)CC(C)NCC1(O)CCCC1. The summed E-state index contributed by atoms with van der Waals surface area (Å²) in [7, 11) is 0. The number of hydrogen-bond acceptors (Lipinski definition) is 3. The topological polar surface area (TPSA) is 35.5 Å². The van der Waals surface area contributed by atoms with Gasteiger partial charge in [0.05, 0.1) is 5.60 Å². The molecule has 0 bridgehead atoms. The first kappa shape index (κ1) is 13.9. The van der Waals surface area contributed by atoms with Crippen LogP contribution in [0.4, 0.5) is 0 Å². The Hall–Kier alpha value is -0.120. The molecule has 0 aliphatic heterocycles. The minimum absolute atomic E-state index is 0.419. The first-order valence-electron chi connectivity index (χ1n) is 6.77. The highest BCUT2D eigenvalue weighted by Crippen LogP contribution is 2.28. The van der Waals surface area contributed by atoms with Gasteiger partial charge in [-0.25, -0.2) is 0 Å². The summed E-state index contributed by atoms with van der Waals surface area (Å²) in [5.74, 6) is 0. The van der Waals surface area contributed by atoms with Crippen LogP contribution in [0, 0.1) is 0 Å². The van der Waals surface area contributed by atoms with Crippen LogP contribution in [0.1, 0.15) is 46.5 Å². The predicted octanol–water partition coefficient (Wildman–Crippen LogP) is 1.61. The van der Waals surface area contributed by atoms with Gasteiger partial charge in [0.2, 0.25) is 0 Å². The van der Waals surface area contributed by atoms with Crippen LogP contribution in [0.25, 0.3) is 0 Å². The molecule has 0 radical (unpaired) electrons. The predicted molar refractivity (Wildman–Crippen MR) is 68.7 cm³/mol. The quantitative estimate of drug-likeness (QED) is 0.695. The Balaban J connectivity index is 2.21. The molecule has 0 amide bonds. The summed E-state index contributed by atoms with van der Waals surface area (Å²) in [6.07, 6.45) is 4.31. The second-order valence-corrected chi connectivity index (χ2v) is 5.20. The lowest BCUT2D eigenvalue weighted by atomic mass is 10.0. The van der Waals surface area contributed by atoms with Crippen molar-refractivity contribution >= 4 is 0 Å². The van der Waals surface area contributed by atoms with E-state index in [9.17, 15) is 5.11 Å². The van der Waals surface area contributed by atoms with E-state index in [1.807, 2.05) is 0 Å². The normalized spacial score (nSPS) is 21.6. The Kier molecular flexibility index (Phi) is 5.73. The molecule has 96 valence electrons. The van der Waals surface area contributed by atoms with E-state index >= 15 is 0 Å². The molecule has 1 atom stereocenters. The molecular weight excluding hydrogens is 200 g/mol. The number of nitrogens with zero attached hydrogens (tertiary/aromatic N) is 1. The van der Waals surface area contributed by atoms with Crippen LogP contribution in [0.15, 0.2) is 0 Å². The van der Waals surface area contributed by atoms with Crippen LogP contribution >= 0.6 is 0 Å². The van der Waals surface area contributed by atoms with Crippen molar-refractivity contribution in [2.75, 3.05) is 26.2 Å². The zero-order valence-corrected chi connectivity index (χ0v) is 11.1. The Labute approximate surface area is 100 Å². The average Bonchev–Trinajstić information content (AvgIpc) is 2.71. The van der Waals surface area contributed by atoms with Gasteiger partial charge in [-0.15, -0.1) is 0 Å². The standard InChI is InChI=1S/C13H28N2O/c1-4-15(5-2)10-12(3)14-11-13(16)8-6-7-9-13/h12,14,16H,4-11H2,1-3H3. The molecule has 0 aromatic carbocycles. The van der Waals surface area contributed by atoms with Crippen molar-refractivity contribution in [3.05, 3.63) is 0 Å². The van der Waals surface area contributed by atoms with E-state index in [-0.39, 0.29) is 0 Å². The molecule has 0 aromatic heterocycles. The van der Waals surface area contributed by atoms with Crippen molar-refractivity contribution in [2.24, 2.45) is 0 Å². The molecule has 3 nitrogen and oxygen atoms in total. The fourth-order valence-electron chi connectivity index (χ4n) is 2.51. The molecule has 1 fully saturated rings. The molecule has 1 unspecified atom stereocenters. The van der Waals surface area contributed by atoms with Crippen LogP contribution < -0.4 is 5.32 Å². The summed E-state index contributed by atoms with van der Waals surface area (Å²) >= 11 is 0. The van der Waals surface area contributed by atoms with Gasteiger partial charge >= 0.3 is 0 Å². The molecule has 0 aromatic rings. The van der Waals surface area contributed by atoms with E-state index in [0.29, 0.717) is 6.04 Å². The molecule has 0 spiro atoms. The smallest absolute Gasteiger partial charge is 0.0771 e. The third-order valence-corrected chi connectivity index (χ3v) is 3.74. The summed E-state index contributed by atoms with van der Waals surface area (Å²) in [5.41, 5.74) is -0.419. The Morgan fingerprint density at radius 3 is 2.31 bits per heavy atom. The monoisotopic (exact) mass is 228 g/mol. The Morgan fingerprint density at radius 1 is 1.25 bits per heavy atom. The highest BCUT2D eigenvalue weighted by atomic mass is 16.3. The highest BCUT2D eigenvalue weighted by Gasteiger charge is 2.30. The molecule has 1 saturated carbocycles. The van der Waals surface area contributed by atoms with Crippen molar-refractivity contribution in [1.82, 2.24) is 10.2 Å². The van der Waals surface area contributed by atoms with Crippen molar-refractivity contribution in [1.29, 1.82) is 0 Å². The number of likely N-dealkylation sites (N-methyl/N-ethyl adjacent to an activating group) is 1. The van der Waals surface area contributed by atoms with Gasteiger partial charge in [0, 0.05) is 19.1 Å². The van der Waals surface area contributed by atoms with Crippen LogP contribution in [-0.2, 0) is 0 Å². The molecule has 3 heteroatoms. The van der Waals surface area contributed by atoms with Gasteiger partial charge in [0.15, 0.2) is 0 Å². The number of rotatable bonds is 7. The molecule has 16 heavy (non-hydrogen) atoms. The van der Waals surface area contributed by atoms with E-state index in [1.54, 1.807) is 0 Å². The molecular formula is C13H28N2O. The number of aliphatic hydroxyl groups is 1. The zero-order chi connectivity index (χ0) is 12.0. The van der Waals surface area contributed by atoms with Gasteiger partial charge in [-0.3, -0.25) is 0 Å². The van der Waals surface area contributed by atoms with Gasteiger partial charge in [-0.2, -0.15) is 0 Å². The number of nitrogens with one attached hydrogen (secondary N) is 1. The largest absolute Gasteiger partial charge is 0.389 e. The maximum absolute atomic E-state index is 10.2. The first-order valence-corrected chi connectivity index (χ1v) is 6.77. The second kappa shape index (κ2) is 6.58. The Morgan fingerprint density at radius 2 is 1.81 bits per heavy atom. The minimum atomic E-state index is -0.419. The van der Waals surface area contributed by atoms with E-state index < -0.39 is 5.60 Å². The van der Waals surface area contributed by atoms with E-state index in [2.05, 4.69) is 31.0 Å². The molecule has 1 aliphatic carbocycles. The molecule has 2 N–H and O–H groups in total. The van der Waals surface area contributed by atoms with Gasteiger partial charge in [0.25, 0.3) is 0 Å². The van der Waals surface area contributed by atoms with Crippen LogP contribution in [0.2, 0.25) is 0 Å². The Bertz CT molecular complexity index is 186. The van der Waals surface area contributed by atoms with E-state index in [4.69, 9.17) is 0 Å².